The number of rotatable bonds is 3. The van der Waals surface area contributed by atoms with Crippen LogP contribution in [0.1, 0.15) is 6.42 Å². The number of aromatic amines is 1. The average Bonchev–Trinajstić information content (AvgIpc) is 2.72. The van der Waals surface area contributed by atoms with Gasteiger partial charge in [0.15, 0.2) is 5.65 Å². The van der Waals surface area contributed by atoms with Crippen molar-refractivity contribution in [2.24, 2.45) is 0 Å². The van der Waals surface area contributed by atoms with Gasteiger partial charge in [0.2, 0.25) is 5.28 Å². The van der Waals surface area contributed by atoms with Gasteiger partial charge in [-0.05, 0) is 11.6 Å². The van der Waals surface area contributed by atoms with Crippen LogP contribution in [-0.2, 0) is 0 Å². The molecule has 2 rings (SSSR count). The Morgan fingerprint density at radius 1 is 1.56 bits per heavy atom. The number of fused-ring (bicyclic) bond motifs is 1. The minimum absolute atomic E-state index is 0.163. The maximum Gasteiger partial charge on any atom is 0.226 e. The van der Waals surface area contributed by atoms with Crippen LogP contribution in [0.3, 0.4) is 0 Å². The number of nitrogens with one attached hydrogen (secondary N) is 1. The molecule has 16 heavy (non-hydrogen) atoms. The van der Waals surface area contributed by atoms with E-state index in [0.29, 0.717) is 24.4 Å². The van der Waals surface area contributed by atoms with Crippen molar-refractivity contribution in [3.8, 4) is 6.07 Å². The van der Waals surface area contributed by atoms with Gasteiger partial charge in [0.25, 0.3) is 0 Å². The lowest BCUT2D eigenvalue weighted by molar-refractivity contribution is 0.887. The second-order valence-corrected chi connectivity index (χ2v) is 3.62. The van der Waals surface area contributed by atoms with Crippen molar-refractivity contribution in [2.45, 2.75) is 6.42 Å². The molecule has 0 saturated heterocycles. The van der Waals surface area contributed by atoms with Crippen molar-refractivity contribution >= 4 is 28.5 Å². The highest BCUT2D eigenvalue weighted by molar-refractivity contribution is 6.28. The van der Waals surface area contributed by atoms with E-state index in [0.717, 1.165) is 5.39 Å². The first-order chi connectivity index (χ1) is 7.72. The molecule has 0 bridgehead atoms. The Kier molecular flexibility index (Phi) is 2.88. The number of halogens is 1. The van der Waals surface area contributed by atoms with E-state index in [1.54, 1.807) is 6.20 Å². The summed E-state index contributed by atoms with van der Waals surface area (Å²) in [5.41, 5.74) is 0.596. The molecular formula is C9H9ClN6. The Hall–Kier alpha value is -1.87. The zero-order valence-electron chi connectivity index (χ0n) is 8.61. The van der Waals surface area contributed by atoms with Crippen molar-refractivity contribution in [3.05, 3.63) is 11.5 Å². The summed E-state index contributed by atoms with van der Waals surface area (Å²) in [6.45, 7) is 0.587. The molecule has 0 aliphatic rings. The molecule has 82 valence electrons. The maximum absolute atomic E-state index is 8.54. The largest absolute Gasteiger partial charge is 0.358 e. The van der Waals surface area contributed by atoms with Crippen molar-refractivity contribution in [2.75, 3.05) is 18.5 Å². The van der Waals surface area contributed by atoms with E-state index in [2.05, 4.69) is 26.2 Å². The molecular weight excluding hydrogens is 228 g/mol. The topological polar surface area (TPSA) is 81.5 Å². The molecule has 6 nitrogen and oxygen atoms in total. The fourth-order valence-corrected chi connectivity index (χ4v) is 1.57. The summed E-state index contributed by atoms with van der Waals surface area (Å²) < 4.78 is 0. The van der Waals surface area contributed by atoms with Crippen LogP contribution in [0.15, 0.2) is 6.20 Å². The van der Waals surface area contributed by atoms with E-state index in [1.807, 2.05) is 11.9 Å². The standard InChI is InChI=1S/C9H9ClN6/c1-16(4-2-3-11)8-6-5-12-15-7(6)13-9(10)14-8/h5H,2,4H2,1H3,(H,12,13,14,15). The molecule has 0 saturated carbocycles. The van der Waals surface area contributed by atoms with Crippen LogP contribution in [0.4, 0.5) is 5.82 Å². The van der Waals surface area contributed by atoms with E-state index in [-0.39, 0.29) is 5.28 Å². The van der Waals surface area contributed by atoms with Crippen LogP contribution in [0, 0.1) is 11.3 Å². The van der Waals surface area contributed by atoms with Crippen LogP contribution in [-0.4, -0.2) is 33.8 Å². The first-order valence-corrected chi connectivity index (χ1v) is 5.05. The van der Waals surface area contributed by atoms with Gasteiger partial charge in [-0.1, -0.05) is 0 Å². The predicted molar refractivity (Wildman–Crippen MR) is 60.2 cm³/mol. The van der Waals surface area contributed by atoms with Crippen LogP contribution >= 0.6 is 11.6 Å². The molecule has 0 aliphatic heterocycles. The Morgan fingerprint density at radius 3 is 3.12 bits per heavy atom. The number of anilines is 1. The van der Waals surface area contributed by atoms with Gasteiger partial charge in [-0.15, -0.1) is 0 Å². The molecule has 0 aliphatic carbocycles. The molecule has 1 N–H and O–H groups in total. The highest BCUT2D eigenvalue weighted by Crippen LogP contribution is 2.22. The number of H-pyrrole nitrogens is 1. The molecule has 0 radical (unpaired) electrons. The molecule has 0 atom stereocenters. The molecule has 0 fully saturated rings. The van der Waals surface area contributed by atoms with Gasteiger partial charge in [-0.3, -0.25) is 5.10 Å². The Balaban J connectivity index is 2.42. The van der Waals surface area contributed by atoms with E-state index < -0.39 is 0 Å². The Morgan fingerprint density at radius 2 is 2.38 bits per heavy atom. The highest BCUT2D eigenvalue weighted by Gasteiger charge is 2.11. The molecule has 2 aromatic heterocycles. The molecule has 0 amide bonds. The van der Waals surface area contributed by atoms with Crippen LogP contribution in [0.5, 0.6) is 0 Å². The van der Waals surface area contributed by atoms with E-state index in [4.69, 9.17) is 16.9 Å². The summed E-state index contributed by atoms with van der Waals surface area (Å²) in [5, 5.41) is 16.1. The summed E-state index contributed by atoms with van der Waals surface area (Å²) in [4.78, 5) is 10.00. The van der Waals surface area contributed by atoms with Gasteiger partial charge < -0.3 is 4.90 Å². The molecule has 2 heterocycles. The average molecular weight is 237 g/mol. The van der Waals surface area contributed by atoms with Gasteiger partial charge in [0.1, 0.15) is 5.82 Å². The third kappa shape index (κ3) is 1.90. The third-order valence-corrected chi connectivity index (χ3v) is 2.35. The normalized spacial score (nSPS) is 10.3. The molecule has 0 spiro atoms. The lowest BCUT2D eigenvalue weighted by Crippen LogP contribution is -2.19. The number of hydrogen-bond acceptors (Lipinski definition) is 5. The minimum Gasteiger partial charge on any atom is -0.358 e. The quantitative estimate of drug-likeness (QED) is 0.814. The van der Waals surface area contributed by atoms with Gasteiger partial charge in [-0.25, -0.2) is 0 Å². The Bertz CT molecular complexity index is 542. The van der Waals surface area contributed by atoms with Crippen LogP contribution < -0.4 is 4.90 Å². The van der Waals surface area contributed by atoms with E-state index >= 15 is 0 Å². The molecule has 0 unspecified atom stereocenters. The Labute approximate surface area is 96.9 Å². The monoisotopic (exact) mass is 236 g/mol. The van der Waals surface area contributed by atoms with Crippen molar-refractivity contribution in [1.82, 2.24) is 20.2 Å². The lowest BCUT2D eigenvalue weighted by atomic mass is 10.3. The SMILES string of the molecule is CN(CCC#N)c1nc(Cl)nc2[nH]ncc12. The summed E-state index contributed by atoms with van der Waals surface area (Å²) >= 11 is 5.80. The number of nitriles is 1. The van der Waals surface area contributed by atoms with Gasteiger partial charge in [0.05, 0.1) is 24.1 Å². The highest BCUT2D eigenvalue weighted by atomic mass is 35.5. The van der Waals surface area contributed by atoms with Gasteiger partial charge in [0, 0.05) is 13.6 Å². The van der Waals surface area contributed by atoms with Crippen LogP contribution in [0.25, 0.3) is 11.0 Å². The summed E-state index contributed by atoms with van der Waals surface area (Å²) in [6.07, 6.45) is 2.07. The third-order valence-electron chi connectivity index (χ3n) is 2.18. The smallest absolute Gasteiger partial charge is 0.226 e. The first-order valence-electron chi connectivity index (χ1n) is 4.67. The number of hydrogen-bond donors (Lipinski definition) is 1. The zero-order chi connectivity index (χ0) is 11.5. The van der Waals surface area contributed by atoms with E-state index in [1.165, 1.54) is 0 Å². The maximum atomic E-state index is 8.54. The lowest BCUT2D eigenvalue weighted by Gasteiger charge is -2.16. The number of nitrogens with zero attached hydrogens (tertiary/aromatic N) is 5. The van der Waals surface area contributed by atoms with Crippen LogP contribution in [0.2, 0.25) is 5.28 Å². The summed E-state index contributed by atoms with van der Waals surface area (Å²) in [5.74, 6) is 0.680. The molecule has 0 aromatic carbocycles. The van der Waals surface area contributed by atoms with Gasteiger partial charge in [-0.2, -0.15) is 20.3 Å². The zero-order valence-corrected chi connectivity index (χ0v) is 9.36. The second kappa shape index (κ2) is 4.33. The van der Waals surface area contributed by atoms with Crippen molar-refractivity contribution in [1.29, 1.82) is 5.26 Å². The minimum atomic E-state index is 0.163. The molecule has 7 heteroatoms. The fraction of sp³-hybridized carbons (Fsp3) is 0.333. The molecule has 2 aromatic rings. The van der Waals surface area contributed by atoms with Gasteiger partial charge >= 0.3 is 0 Å². The van der Waals surface area contributed by atoms with E-state index in [9.17, 15) is 0 Å². The fourth-order valence-electron chi connectivity index (χ4n) is 1.41. The summed E-state index contributed by atoms with van der Waals surface area (Å²) in [7, 11) is 1.85. The van der Waals surface area contributed by atoms with Crippen molar-refractivity contribution < 1.29 is 0 Å². The predicted octanol–water partition coefficient (Wildman–Crippen LogP) is 1.36. The van der Waals surface area contributed by atoms with Crippen molar-refractivity contribution in [3.63, 3.8) is 0 Å². The first kappa shape index (κ1) is 10.6. The second-order valence-electron chi connectivity index (χ2n) is 3.28. The number of aromatic nitrogens is 4. The summed E-state index contributed by atoms with van der Waals surface area (Å²) in [6, 6.07) is 2.08.